The fourth-order valence-corrected chi connectivity index (χ4v) is 3.30. The van der Waals surface area contributed by atoms with E-state index in [0.29, 0.717) is 18.2 Å². The maximum Gasteiger partial charge on any atom is 0.191 e. The van der Waals surface area contributed by atoms with Crippen LogP contribution in [0.15, 0.2) is 35.3 Å². The zero-order chi connectivity index (χ0) is 15.9. The summed E-state index contributed by atoms with van der Waals surface area (Å²) in [6.07, 6.45) is 6.42. The van der Waals surface area contributed by atoms with E-state index in [9.17, 15) is 0 Å². The number of nitrogens with one attached hydrogen (secondary N) is 2. The summed E-state index contributed by atoms with van der Waals surface area (Å²) in [6, 6.07) is 10.4. The van der Waals surface area contributed by atoms with Crippen molar-refractivity contribution in [2.75, 3.05) is 20.2 Å². The number of hydrogen-bond donors (Lipinski definition) is 2. The molecule has 2 heterocycles. The molecule has 2 fully saturated rings. The molecule has 23 heavy (non-hydrogen) atoms. The van der Waals surface area contributed by atoms with Crippen molar-refractivity contribution < 1.29 is 9.47 Å². The lowest BCUT2D eigenvalue weighted by Gasteiger charge is -2.22. The minimum absolute atomic E-state index is 0.373. The van der Waals surface area contributed by atoms with E-state index in [1.807, 2.05) is 37.4 Å². The van der Waals surface area contributed by atoms with Crippen molar-refractivity contribution in [3.05, 3.63) is 30.3 Å². The van der Waals surface area contributed by atoms with Crippen molar-refractivity contribution in [3.63, 3.8) is 0 Å². The lowest BCUT2D eigenvalue weighted by Crippen LogP contribution is -2.47. The molecule has 2 saturated heterocycles. The second-order valence-electron chi connectivity index (χ2n) is 6.23. The number of para-hydroxylation sites is 1. The molecule has 2 aliphatic rings. The van der Waals surface area contributed by atoms with Gasteiger partial charge in [0, 0.05) is 13.6 Å². The van der Waals surface area contributed by atoms with Crippen LogP contribution in [0.3, 0.4) is 0 Å². The second kappa shape index (κ2) is 8.20. The Hall–Kier alpha value is -1.75. The van der Waals surface area contributed by atoms with Crippen LogP contribution in [-0.2, 0) is 4.74 Å². The first-order valence-corrected chi connectivity index (χ1v) is 8.65. The van der Waals surface area contributed by atoms with Crippen molar-refractivity contribution in [3.8, 4) is 5.75 Å². The molecule has 3 rings (SSSR count). The fourth-order valence-electron chi connectivity index (χ4n) is 3.30. The lowest BCUT2D eigenvalue weighted by atomic mass is 9.96. The van der Waals surface area contributed by atoms with Gasteiger partial charge < -0.3 is 20.1 Å². The Morgan fingerprint density at radius 1 is 1.26 bits per heavy atom. The summed E-state index contributed by atoms with van der Waals surface area (Å²) in [5.41, 5.74) is 0. The molecule has 5 nitrogen and oxygen atoms in total. The maximum atomic E-state index is 5.87. The van der Waals surface area contributed by atoms with Gasteiger partial charge in [0.2, 0.25) is 0 Å². The van der Waals surface area contributed by atoms with E-state index in [-0.39, 0.29) is 0 Å². The van der Waals surface area contributed by atoms with Gasteiger partial charge in [-0.1, -0.05) is 18.2 Å². The Labute approximate surface area is 138 Å². The number of aliphatic imine (C=N–C) groups is 1. The summed E-state index contributed by atoms with van der Waals surface area (Å²) in [7, 11) is 1.82. The van der Waals surface area contributed by atoms with Crippen molar-refractivity contribution >= 4 is 5.96 Å². The van der Waals surface area contributed by atoms with Gasteiger partial charge in [-0.3, -0.25) is 4.99 Å². The molecule has 0 aromatic heterocycles. The predicted molar refractivity (Wildman–Crippen MR) is 92.0 cm³/mol. The normalized spacial score (nSPS) is 26.3. The highest BCUT2D eigenvalue weighted by molar-refractivity contribution is 5.80. The molecule has 1 aromatic rings. The molecule has 126 valence electrons. The smallest absolute Gasteiger partial charge is 0.191 e. The quantitative estimate of drug-likeness (QED) is 0.460. The Bertz CT molecular complexity index is 506. The van der Waals surface area contributed by atoms with Crippen molar-refractivity contribution in [2.24, 2.45) is 4.99 Å². The Balaban J connectivity index is 1.27. The number of nitrogens with zero attached hydrogens (tertiary/aromatic N) is 1. The molecule has 1 aromatic carbocycles. The molecular formula is C18H27N3O2. The standard InChI is InChI=1S/C18H27N3O2/c1-19-18(21-16-13-15-9-10-17(16)23-15)20-11-5-6-12-22-14-7-3-2-4-8-14/h2-4,7-8,15-17H,5-6,9-13H2,1H3,(H2,19,20,21). The highest BCUT2D eigenvalue weighted by Gasteiger charge is 2.40. The largest absolute Gasteiger partial charge is 0.494 e. The Kier molecular flexibility index (Phi) is 5.75. The minimum Gasteiger partial charge on any atom is -0.494 e. The summed E-state index contributed by atoms with van der Waals surface area (Å²) in [6.45, 7) is 1.65. The zero-order valence-corrected chi connectivity index (χ0v) is 13.8. The van der Waals surface area contributed by atoms with Crippen LogP contribution in [0.5, 0.6) is 5.75 Å². The Morgan fingerprint density at radius 3 is 2.83 bits per heavy atom. The number of unbranched alkanes of at least 4 members (excludes halogenated alkanes) is 1. The first-order chi connectivity index (χ1) is 11.3. The number of fused-ring (bicyclic) bond motifs is 2. The van der Waals surface area contributed by atoms with Gasteiger partial charge in [-0.05, 0) is 44.2 Å². The molecule has 3 atom stereocenters. The van der Waals surface area contributed by atoms with Gasteiger partial charge in [-0.25, -0.2) is 0 Å². The van der Waals surface area contributed by atoms with Gasteiger partial charge in [0.15, 0.2) is 5.96 Å². The van der Waals surface area contributed by atoms with E-state index in [1.165, 1.54) is 12.8 Å². The molecule has 0 amide bonds. The van der Waals surface area contributed by atoms with E-state index in [1.54, 1.807) is 0 Å². The van der Waals surface area contributed by atoms with Crippen LogP contribution in [0.4, 0.5) is 0 Å². The van der Waals surface area contributed by atoms with Crippen LogP contribution >= 0.6 is 0 Å². The third kappa shape index (κ3) is 4.61. The summed E-state index contributed by atoms with van der Waals surface area (Å²) in [5, 5.41) is 6.88. The third-order valence-electron chi connectivity index (χ3n) is 4.53. The number of hydrogen-bond acceptors (Lipinski definition) is 3. The predicted octanol–water partition coefficient (Wildman–Crippen LogP) is 2.33. The monoisotopic (exact) mass is 317 g/mol. The van der Waals surface area contributed by atoms with Crippen LogP contribution in [0.25, 0.3) is 0 Å². The maximum absolute atomic E-state index is 5.87. The number of rotatable bonds is 7. The van der Waals surface area contributed by atoms with Crippen molar-refractivity contribution in [2.45, 2.75) is 50.4 Å². The molecule has 0 radical (unpaired) electrons. The van der Waals surface area contributed by atoms with Gasteiger partial charge in [-0.15, -0.1) is 0 Å². The van der Waals surface area contributed by atoms with Gasteiger partial charge in [0.05, 0.1) is 24.9 Å². The molecule has 2 bridgehead atoms. The van der Waals surface area contributed by atoms with E-state index >= 15 is 0 Å². The second-order valence-corrected chi connectivity index (χ2v) is 6.23. The van der Waals surface area contributed by atoms with Crippen molar-refractivity contribution in [1.29, 1.82) is 0 Å². The van der Waals surface area contributed by atoms with Crippen molar-refractivity contribution in [1.82, 2.24) is 10.6 Å². The summed E-state index contributed by atoms with van der Waals surface area (Å²) >= 11 is 0. The molecule has 0 saturated carbocycles. The van der Waals surface area contributed by atoms with Crippen LogP contribution in [0, 0.1) is 0 Å². The summed E-state index contributed by atoms with van der Waals surface area (Å²) in [5.74, 6) is 1.82. The molecule has 0 spiro atoms. The first-order valence-electron chi connectivity index (χ1n) is 8.65. The molecule has 5 heteroatoms. The highest BCUT2D eigenvalue weighted by atomic mass is 16.5. The number of guanidine groups is 1. The first kappa shape index (κ1) is 16.1. The summed E-state index contributed by atoms with van der Waals surface area (Å²) in [4.78, 5) is 4.31. The zero-order valence-electron chi connectivity index (χ0n) is 13.8. The van der Waals surface area contributed by atoms with Gasteiger partial charge >= 0.3 is 0 Å². The average Bonchev–Trinajstić information content (AvgIpc) is 3.20. The van der Waals surface area contributed by atoms with Gasteiger partial charge in [-0.2, -0.15) is 0 Å². The minimum atomic E-state index is 0.373. The van der Waals surface area contributed by atoms with Crippen LogP contribution < -0.4 is 15.4 Å². The van der Waals surface area contributed by atoms with E-state index in [4.69, 9.17) is 9.47 Å². The lowest BCUT2D eigenvalue weighted by molar-refractivity contribution is 0.0992. The van der Waals surface area contributed by atoms with Gasteiger partial charge in [0.25, 0.3) is 0 Å². The molecule has 2 aliphatic heterocycles. The fraction of sp³-hybridized carbons (Fsp3) is 0.611. The van der Waals surface area contributed by atoms with Crippen LogP contribution in [0.2, 0.25) is 0 Å². The number of benzene rings is 1. The SMILES string of the molecule is CN=C(NCCCCOc1ccccc1)NC1CC2CCC1O2. The third-order valence-corrected chi connectivity index (χ3v) is 4.53. The molecule has 3 unspecified atom stereocenters. The van der Waals surface area contributed by atoms with Crippen LogP contribution in [-0.4, -0.2) is 44.4 Å². The molecular weight excluding hydrogens is 290 g/mol. The molecule has 0 aliphatic carbocycles. The topological polar surface area (TPSA) is 54.9 Å². The molecule has 2 N–H and O–H groups in total. The van der Waals surface area contributed by atoms with Gasteiger partial charge in [0.1, 0.15) is 5.75 Å². The summed E-state index contributed by atoms with van der Waals surface area (Å²) < 4.78 is 11.6. The number of ether oxygens (including phenoxy) is 2. The highest BCUT2D eigenvalue weighted by Crippen LogP contribution is 2.34. The average molecular weight is 317 g/mol. The van der Waals surface area contributed by atoms with E-state index < -0.39 is 0 Å². The van der Waals surface area contributed by atoms with Crippen LogP contribution in [0.1, 0.15) is 32.1 Å². The van der Waals surface area contributed by atoms with E-state index in [2.05, 4.69) is 15.6 Å². The Morgan fingerprint density at radius 2 is 2.13 bits per heavy atom. The van der Waals surface area contributed by atoms with E-state index in [0.717, 1.165) is 44.1 Å².